The molecular formula is C46H74O2S. The molecule has 2 nitrogen and oxygen atoms in total. The van der Waals surface area contributed by atoms with E-state index in [2.05, 4.69) is 69.3 Å². The number of allylic oxidation sites excluding steroid dienone is 1. The molecule has 3 heteroatoms. The van der Waals surface area contributed by atoms with Crippen LogP contribution < -0.4 is 9.47 Å². The van der Waals surface area contributed by atoms with E-state index in [1.54, 1.807) is 0 Å². The maximum absolute atomic E-state index is 6.28. The maximum atomic E-state index is 6.28. The molecule has 2 aromatic rings. The molecule has 0 saturated heterocycles. The van der Waals surface area contributed by atoms with Gasteiger partial charge < -0.3 is 9.47 Å². The first kappa shape index (κ1) is 43.0. The lowest BCUT2D eigenvalue weighted by molar-refractivity contribution is 0.289. The third-order valence-electron chi connectivity index (χ3n) is 9.64. The minimum Gasteiger partial charge on any atom is -0.493 e. The zero-order chi connectivity index (χ0) is 35.0. The Kier molecular flexibility index (Phi) is 26.9. The van der Waals surface area contributed by atoms with Gasteiger partial charge in [0.1, 0.15) is 11.5 Å². The van der Waals surface area contributed by atoms with Gasteiger partial charge in [-0.15, -0.1) is 0 Å². The van der Waals surface area contributed by atoms with E-state index in [9.17, 15) is 0 Å². The largest absolute Gasteiger partial charge is 0.493 e. The first-order valence-corrected chi connectivity index (χ1v) is 21.3. The summed E-state index contributed by atoms with van der Waals surface area (Å²) < 4.78 is 12.6. The fourth-order valence-corrected chi connectivity index (χ4v) is 6.72. The van der Waals surface area contributed by atoms with Crippen molar-refractivity contribution in [1.29, 1.82) is 0 Å². The summed E-state index contributed by atoms with van der Waals surface area (Å²) in [6, 6.07) is 15.0. The molecule has 0 aromatic heterocycles. The summed E-state index contributed by atoms with van der Waals surface area (Å²) in [6.07, 6.45) is 38.8. The van der Waals surface area contributed by atoms with Crippen molar-refractivity contribution in [2.24, 2.45) is 0 Å². The second-order valence-electron chi connectivity index (χ2n) is 14.4. The molecule has 0 atom stereocenters. The standard InChI is InChI=1S/C46H74O2S/c1-4-7-9-11-13-15-17-19-21-23-25-27-36-47-44-38-42(32-35-46(49)43-33-30-41(29-6-3)31-34-43)39-45(40-44)48-37-28-26-24-22-20-18-16-14-12-10-8-5-2/h30-35,38-40H,4-29,36-37H2,1-3H3. The van der Waals surface area contributed by atoms with Gasteiger partial charge in [-0.05, 0) is 54.2 Å². The summed E-state index contributed by atoms with van der Waals surface area (Å²) in [6.45, 7) is 8.31. The molecular weight excluding hydrogens is 617 g/mol. The average Bonchev–Trinajstić information content (AvgIpc) is 3.11. The van der Waals surface area contributed by atoms with Crippen molar-refractivity contribution in [2.45, 2.75) is 188 Å². The molecule has 0 aliphatic carbocycles. The number of hydrogen-bond acceptors (Lipinski definition) is 3. The van der Waals surface area contributed by atoms with E-state index >= 15 is 0 Å². The van der Waals surface area contributed by atoms with E-state index in [1.807, 2.05) is 6.08 Å². The van der Waals surface area contributed by atoms with E-state index in [4.69, 9.17) is 21.7 Å². The average molecular weight is 691 g/mol. The minimum atomic E-state index is 0.755. The molecule has 276 valence electrons. The molecule has 0 heterocycles. The van der Waals surface area contributed by atoms with Crippen LogP contribution >= 0.6 is 12.2 Å². The van der Waals surface area contributed by atoms with Crippen molar-refractivity contribution in [1.82, 2.24) is 0 Å². The molecule has 0 unspecified atom stereocenters. The molecule has 2 rings (SSSR count). The summed E-state index contributed by atoms with van der Waals surface area (Å²) in [5.74, 6) is 1.79. The molecule has 0 spiro atoms. The van der Waals surface area contributed by atoms with Gasteiger partial charge in [-0.25, -0.2) is 0 Å². The Morgan fingerprint density at radius 3 is 1.27 bits per heavy atom. The van der Waals surface area contributed by atoms with Crippen molar-refractivity contribution >= 4 is 23.2 Å². The van der Waals surface area contributed by atoms with Crippen molar-refractivity contribution < 1.29 is 9.47 Å². The van der Waals surface area contributed by atoms with Gasteiger partial charge in [0, 0.05) is 10.9 Å². The summed E-state index contributed by atoms with van der Waals surface area (Å²) in [5.41, 5.74) is 3.53. The van der Waals surface area contributed by atoms with E-state index in [0.29, 0.717) is 0 Å². The Hall–Kier alpha value is -2.13. The van der Waals surface area contributed by atoms with Gasteiger partial charge in [0.05, 0.1) is 13.2 Å². The molecule has 0 radical (unpaired) electrons. The van der Waals surface area contributed by atoms with Crippen LogP contribution in [-0.4, -0.2) is 18.1 Å². The van der Waals surface area contributed by atoms with Gasteiger partial charge in [-0.2, -0.15) is 0 Å². The van der Waals surface area contributed by atoms with Crippen LogP contribution in [0, 0.1) is 0 Å². The summed E-state index contributed by atoms with van der Waals surface area (Å²) in [5, 5.41) is 0. The van der Waals surface area contributed by atoms with E-state index in [0.717, 1.165) is 66.4 Å². The number of unbranched alkanes of at least 4 members (excludes halogenated alkanes) is 22. The highest BCUT2D eigenvalue weighted by Gasteiger charge is 2.05. The lowest BCUT2D eigenvalue weighted by atomic mass is 10.0. The maximum Gasteiger partial charge on any atom is 0.123 e. The van der Waals surface area contributed by atoms with Gasteiger partial charge in [-0.3, -0.25) is 0 Å². The quantitative estimate of drug-likeness (QED) is 0.0321. The third-order valence-corrected chi connectivity index (χ3v) is 10.0. The van der Waals surface area contributed by atoms with Crippen LogP contribution in [0.1, 0.15) is 198 Å². The van der Waals surface area contributed by atoms with Crippen molar-refractivity contribution in [3.63, 3.8) is 0 Å². The van der Waals surface area contributed by atoms with Crippen molar-refractivity contribution in [2.75, 3.05) is 13.2 Å². The summed E-state index contributed by atoms with van der Waals surface area (Å²) in [4.78, 5) is 0.852. The highest BCUT2D eigenvalue weighted by molar-refractivity contribution is 7.81. The van der Waals surface area contributed by atoms with Crippen LogP contribution in [-0.2, 0) is 6.42 Å². The van der Waals surface area contributed by atoms with Gasteiger partial charge in [0.15, 0.2) is 0 Å². The Labute approximate surface area is 309 Å². The first-order chi connectivity index (χ1) is 24.2. The number of benzene rings is 2. The molecule has 0 aliphatic rings. The zero-order valence-corrected chi connectivity index (χ0v) is 33.0. The number of rotatable bonds is 33. The smallest absolute Gasteiger partial charge is 0.123 e. The van der Waals surface area contributed by atoms with Crippen molar-refractivity contribution in [3.05, 3.63) is 65.2 Å². The van der Waals surface area contributed by atoms with Crippen LogP contribution in [0.25, 0.3) is 6.08 Å². The number of hydrogen-bond donors (Lipinski definition) is 0. The highest BCUT2D eigenvalue weighted by Crippen LogP contribution is 2.25. The summed E-state index contributed by atoms with van der Waals surface area (Å²) >= 11 is 5.77. The minimum absolute atomic E-state index is 0.755. The second-order valence-corrected chi connectivity index (χ2v) is 14.8. The van der Waals surface area contributed by atoms with E-state index in [-0.39, 0.29) is 0 Å². The number of thiocarbonyl (C=S) groups is 1. The van der Waals surface area contributed by atoms with Crippen LogP contribution in [0.5, 0.6) is 11.5 Å². The molecule has 0 saturated carbocycles. The van der Waals surface area contributed by atoms with E-state index < -0.39 is 0 Å². The zero-order valence-electron chi connectivity index (χ0n) is 32.2. The van der Waals surface area contributed by atoms with Gasteiger partial charge in [0.2, 0.25) is 0 Å². The Morgan fingerprint density at radius 1 is 0.490 bits per heavy atom. The van der Waals surface area contributed by atoms with Crippen LogP contribution in [0.15, 0.2) is 48.5 Å². The Bertz CT molecular complexity index is 1040. The SMILES string of the molecule is CCCCCCCCCCCCCCOc1cc(C=CC(=S)c2ccc(CCC)cc2)cc(OCCCCCCCCCCCCCC)c1. The van der Waals surface area contributed by atoms with Crippen LogP contribution in [0.2, 0.25) is 0 Å². The molecule has 0 N–H and O–H groups in total. The molecule has 0 amide bonds. The van der Waals surface area contributed by atoms with Crippen LogP contribution in [0.3, 0.4) is 0 Å². The Morgan fingerprint density at radius 2 is 0.878 bits per heavy atom. The topological polar surface area (TPSA) is 18.5 Å². The number of ether oxygens (including phenoxy) is 2. The highest BCUT2D eigenvalue weighted by atomic mass is 32.1. The molecule has 0 bridgehead atoms. The fraction of sp³-hybridized carbons (Fsp3) is 0.674. The molecule has 0 aliphatic heterocycles. The van der Waals surface area contributed by atoms with Crippen molar-refractivity contribution in [3.8, 4) is 11.5 Å². The van der Waals surface area contributed by atoms with Gasteiger partial charge >= 0.3 is 0 Å². The normalized spacial score (nSPS) is 11.4. The first-order valence-electron chi connectivity index (χ1n) is 20.9. The van der Waals surface area contributed by atoms with E-state index in [1.165, 1.54) is 147 Å². The molecule has 2 aromatic carbocycles. The second kappa shape index (κ2) is 30.7. The molecule has 49 heavy (non-hydrogen) atoms. The Balaban J connectivity index is 1.77. The summed E-state index contributed by atoms with van der Waals surface area (Å²) in [7, 11) is 0. The van der Waals surface area contributed by atoms with Crippen LogP contribution in [0.4, 0.5) is 0 Å². The predicted octanol–water partition coefficient (Wildman–Crippen LogP) is 15.2. The fourth-order valence-electron chi connectivity index (χ4n) is 6.52. The lowest BCUT2D eigenvalue weighted by Gasteiger charge is -2.12. The third kappa shape index (κ3) is 23.1. The monoisotopic (exact) mass is 691 g/mol. The lowest BCUT2D eigenvalue weighted by Crippen LogP contribution is -2.01. The molecule has 0 fully saturated rings. The number of aryl methyl sites for hydroxylation is 1. The van der Waals surface area contributed by atoms with Gasteiger partial charge in [0.25, 0.3) is 0 Å². The predicted molar refractivity (Wildman–Crippen MR) is 221 cm³/mol. The van der Waals surface area contributed by atoms with Gasteiger partial charge in [-0.1, -0.05) is 211 Å².